The van der Waals surface area contributed by atoms with E-state index in [1.54, 1.807) is 0 Å². The predicted molar refractivity (Wildman–Crippen MR) is 317 cm³/mol. The summed E-state index contributed by atoms with van der Waals surface area (Å²) < 4.78 is 22.8. The quantitative estimate of drug-likeness (QED) is 0.153. The van der Waals surface area contributed by atoms with Gasteiger partial charge in [0.2, 0.25) is 23.6 Å². The van der Waals surface area contributed by atoms with Gasteiger partial charge < -0.3 is 18.9 Å². The molecule has 28 nitrogen and oxygen atoms in total. The van der Waals surface area contributed by atoms with Crippen molar-refractivity contribution < 1.29 is 76.5 Å². The Morgan fingerprint density at radius 2 is 0.461 bits per heavy atom. The van der Waals surface area contributed by atoms with Crippen molar-refractivity contribution in [3.05, 3.63) is 0 Å². The molecule has 0 saturated carbocycles. The number of ether oxygens (including phenoxy) is 4. The van der Waals surface area contributed by atoms with E-state index in [0.29, 0.717) is 20.0 Å². The molecule has 8 aliphatic rings. The first kappa shape index (κ1) is 68.4. The number of hydrazine groups is 4. The van der Waals surface area contributed by atoms with E-state index < -0.39 is 169 Å². The molecule has 8 aliphatic heterocycles. The molecule has 89 heavy (non-hydrogen) atoms. The van der Waals surface area contributed by atoms with E-state index in [2.05, 4.69) is 41.3 Å². The van der Waals surface area contributed by atoms with Gasteiger partial charge in [-0.3, -0.25) is 58.0 Å². The third kappa shape index (κ3) is 12.2. The second-order valence-corrected chi connectivity index (χ2v) is 32.4. The third-order valence-electron chi connectivity index (χ3n) is 21.9. The van der Waals surface area contributed by atoms with Crippen LogP contribution in [0.5, 0.6) is 0 Å². The van der Waals surface area contributed by atoms with Crippen molar-refractivity contribution in [2.45, 2.75) is 232 Å². The summed E-state index contributed by atoms with van der Waals surface area (Å²) in [5, 5.41) is 2.26. The number of carbonyl (C=O) groups excluding carboxylic acids is 12. The summed E-state index contributed by atoms with van der Waals surface area (Å²) in [5.74, 6) is -5.74. The normalized spacial score (nSPS) is 27.0. The lowest BCUT2D eigenvalue weighted by Crippen LogP contribution is -2.63. The number of piperidine rings is 4. The standard InChI is InChI=1S/C61H96N12O16/c1-49(2)25-58(26-50(3,4)66(49)17)21-37(74)70(41(58)78)62-45(82)86-33-57(34-87-46(83)63-71-38(75)22-59(42(71)79)27-51(5,6)67(18)52(7,8)28-59,35-88-47(84)64-72-39(76)23-60(43(72)80)29-53(9,10)68(19)54(11,12)30-60)36-89-48(85)65-73-40(77)24-61(44(73)81)31-55(13,14)69(20)56(15,16)32-61/h21-36H2,1-20H3,(H,62,82)(H,63,83)(H,64,84)(H,65,85). The van der Waals surface area contributed by atoms with Crippen molar-refractivity contribution in [2.75, 3.05) is 54.6 Å². The lowest BCUT2D eigenvalue weighted by Gasteiger charge is -2.56. The molecule has 8 saturated heterocycles. The van der Waals surface area contributed by atoms with Crippen LogP contribution in [0.3, 0.4) is 0 Å². The second-order valence-electron chi connectivity index (χ2n) is 32.4. The average molecular weight is 1250 g/mol. The molecule has 8 rings (SSSR count). The number of rotatable bonds is 12. The highest BCUT2D eigenvalue weighted by Gasteiger charge is 2.65. The zero-order valence-corrected chi connectivity index (χ0v) is 55.9. The van der Waals surface area contributed by atoms with Gasteiger partial charge >= 0.3 is 24.4 Å². The van der Waals surface area contributed by atoms with Crippen LogP contribution in [0.1, 0.15) is 188 Å². The Hall–Kier alpha value is -6.52. The van der Waals surface area contributed by atoms with Crippen LogP contribution < -0.4 is 21.7 Å². The molecule has 0 bridgehead atoms. The zero-order valence-electron chi connectivity index (χ0n) is 55.9. The molecule has 0 aromatic heterocycles. The molecule has 0 aromatic carbocycles. The van der Waals surface area contributed by atoms with Gasteiger partial charge in [0.25, 0.3) is 23.6 Å². The van der Waals surface area contributed by atoms with Gasteiger partial charge in [0.1, 0.15) is 31.8 Å². The van der Waals surface area contributed by atoms with Crippen molar-refractivity contribution >= 4 is 71.6 Å². The first-order valence-electron chi connectivity index (χ1n) is 30.6. The lowest BCUT2D eigenvalue weighted by molar-refractivity contribution is -0.152. The SMILES string of the molecule is CN1C(C)(C)CC2(CC(=O)N(NC(=O)OCC(COC(=O)NN3C(=O)CC4(CC(C)(C)N(C)C(C)(C)C4)C3=O)(COC(=O)NN3C(=O)CC4(CC(C)(C)N(C)C(C)(C)C4)C3=O)COC(=O)NN3C(=O)CC4(CC(C)(C)N(C)C(C)(C)C4)C3=O)C2=O)CC1(C)C. The van der Waals surface area contributed by atoms with Crippen molar-refractivity contribution in [3.63, 3.8) is 0 Å². The molecule has 12 amide bonds. The summed E-state index contributed by atoms with van der Waals surface area (Å²) in [6.07, 6.45) is -4.61. The van der Waals surface area contributed by atoms with Crippen LogP contribution >= 0.6 is 0 Å². The Kier molecular flexibility index (Phi) is 16.8. The number of hydrogen-bond donors (Lipinski definition) is 4. The topological polar surface area (TPSA) is 316 Å². The molecule has 496 valence electrons. The van der Waals surface area contributed by atoms with Gasteiger partial charge in [0, 0.05) is 70.0 Å². The van der Waals surface area contributed by atoms with Gasteiger partial charge in [-0.15, -0.1) is 0 Å². The van der Waals surface area contributed by atoms with Gasteiger partial charge in [-0.2, -0.15) is 20.0 Å². The van der Waals surface area contributed by atoms with E-state index in [9.17, 15) is 57.5 Å². The van der Waals surface area contributed by atoms with Crippen LogP contribution in [0.4, 0.5) is 19.2 Å². The molecule has 28 heteroatoms. The van der Waals surface area contributed by atoms with Crippen LogP contribution in [0.25, 0.3) is 0 Å². The molecule has 4 N–H and O–H groups in total. The molecule has 0 unspecified atom stereocenters. The van der Waals surface area contributed by atoms with Crippen LogP contribution in [0, 0.1) is 27.1 Å². The van der Waals surface area contributed by atoms with Gasteiger partial charge in [-0.1, -0.05) is 0 Å². The van der Waals surface area contributed by atoms with Gasteiger partial charge in [0.05, 0.1) is 21.7 Å². The number of nitrogens with zero attached hydrogens (tertiary/aromatic N) is 8. The van der Waals surface area contributed by atoms with E-state index in [4.69, 9.17) is 18.9 Å². The monoisotopic (exact) mass is 1250 g/mol. The summed E-state index contributed by atoms with van der Waals surface area (Å²) in [6, 6.07) is 0. The summed E-state index contributed by atoms with van der Waals surface area (Å²) in [4.78, 5) is 178. The number of hydrogen-bond acceptors (Lipinski definition) is 20. The maximum absolute atomic E-state index is 14.4. The Bertz CT molecular complexity index is 2570. The molecule has 0 radical (unpaired) electrons. The minimum Gasteiger partial charge on any atom is -0.447 e. The molecule has 0 aliphatic carbocycles. The van der Waals surface area contributed by atoms with E-state index in [-0.39, 0.29) is 77.0 Å². The number of likely N-dealkylation sites (tertiary alicyclic amines) is 4. The van der Waals surface area contributed by atoms with Gasteiger partial charge in [0.15, 0.2) is 0 Å². The molecular weight excluding hydrogens is 1160 g/mol. The average Bonchev–Trinajstić information content (AvgIpc) is 1.72. The molecule has 8 fully saturated rings. The molecular formula is C61H96N12O16. The van der Waals surface area contributed by atoms with Crippen molar-refractivity contribution in [2.24, 2.45) is 27.1 Å². The van der Waals surface area contributed by atoms with Crippen molar-refractivity contribution in [1.29, 1.82) is 0 Å². The van der Waals surface area contributed by atoms with E-state index in [1.165, 1.54) is 0 Å². The Morgan fingerprint density at radius 3 is 0.607 bits per heavy atom. The van der Waals surface area contributed by atoms with Crippen LogP contribution in [0.15, 0.2) is 0 Å². The molecule has 4 spiro atoms. The number of nitrogens with one attached hydrogen (secondary N) is 4. The highest BCUT2D eigenvalue weighted by Crippen LogP contribution is 2.57. The van der Waals surface area contributed by atoms with E-state index in [0.717, 1.165) is 0 Å². The number of carbonyl (C=O) groups is 12. The first-order valence-corrected chi connectivity index (χ1v) is 30.6. The van der Waals surface area contributed by atoms with E-state index >= 15 is 0 Å². The fraction of sp³-hybridized carbons (Fsp3) is 0.803. The number of imide groups is 4. The second kappa shape index (κ2) is 21.8. The summed E-state index contributed by atoms with van der Waals surface area (Å²) in [5.41, 5.74) is -2.75. The van der Waals surface area contributed by atoms with E-state index in [1.807, 2.05) is 139 Å². The lowest BCUT2D eigenvalue weighted by atomic mass is 9.63. The Morgan fingerprint density at radius 1 is 0.315 bits per heavy atom. The Balaban J connectivity index is 1.08. The number of amides is 12. The van der Waals surface area contributed by atoms with Crippen molar-refractivity contribution in [3.8, 4) is 0 Å². The highest BCUT2D eigenvalue weighted by atomic mass is 16.6. The van der Waals surface area contributed by atoms with Crippen LogP contribution in [0.2, 0.25) is 0 Å². The molecule has 0 aromatic rings. The third-order valence-corrected chi connectivity index (χ3v) is 21.9. The zero-order chi connectivity index (χ0) is 67.0. The fourth-order valence-electron chi connectivity index (χ4n) is 17.5. The minimum absolute atomic E-state index is 0.243. The smallest absolute Gasteiger partial charge is 0.426 e. The maximum Gasteiger partial charge on any atom is 0.426 e. The fourth-order valence-corrected chi connectivity index (χ4v) is 17.5. The molecule has 0 atom stereocenters. The minimum atomic E-state index is -2.28. The van der Waals surface area contributed by atoms with Crippen LogP contribution in [-0.2, 0) is 57.3 Å². The summed E-state index contributed by atoms with van der Waals surface area (Å²) in [7, 11) is 7.71. The molecule has 8 heterocycles. The Labute approximate surface area is 521 Å². The summed E-state index contributed by atoms with van der Waals surface area (Å²) >= 11 is 0. The summed E-state index contributed by atoms with van der Waals surface area (Å²) in [6.45, 7) is 26.9. The maximum atomic E-state index is 14.4. The van der Waals surface area contributed by atoms with Crippen LogP contribution in [-0.4, -0.2) is 210 Å². The largest absolute Gasteiger partial charge is 0.447 e. The highest BCUT2D eigenvalue weighted by molar-refractivity contribution is 6.09. The van der Waals surface area contributed by atoms with Gasteiger partial charge in [-0.05, 0) is 190 Å². The van der Waals surface area contributed by atoms with Crippen molar-refractivity contribution in [1.82, 2.24) is 61.3 Å². The predicted octanol–water partition coefficient (Wildman–Crippen LogP) is 4.65. The van der Waals surface area contributed by atoms with Gasteiger partial charge in [-0.25, -0.2) is 40.9 Å². The first-order chi connectivity index (χ1) is 40.4.